The minimum absolute atomic E-state index is 0.108. The van der Waals surface area contributed by atoms with Crippen molar-refractivity contribution in [3.63, 3.8) is 0 Å². The third kappa shape index (κ3) is 2.66. The van der Waals surface area contributed by atoms with Crippen LogP contribution in [0.3, 0.4) is 0 Å². The van der Waals surface area contributed by atoms with E-state index in [2.05, 4.69) is 21.0 Å². The first kappa shape index (κ1) is 13.0. The van der Waals surface area contributed by atoms with E-state index in [1.165, 1.54) is 0 Å². The standard InChI is InChI=1S/C12H14BrF2N3O/c13-10-3-16-18(7-10)6-8-4-17(5-8)11(19)9-1-12(14,15)2-9/h3,7-9H,1-2,4-6H2. The van der Waals surface area contributed by atoms with Gasteiger partial charge in [-0.2, -0.15) is 5.10 Å². The predicted octanol–water partition coefficient (Wildman–Crippen LogP) is 2.15. The summed E-state index contributed by atoms with van der Waals surface area (Å²) in [4.78, 5) is 13.5. The summed E-state index contributed by atoms with van der Waals surface area (Å²) in [6, 6.07) is 0. The molecule has 0 radical (unpaired) electrons. The largest absolute Gasteiger partial charge is 0.342 e. The molecule has 1 aliphatic carbocycles. The summed E-state index contributed by atoms with van der Waals surface area (Å²) in [5, 5.41) is 4.16. The van der Waals surface area contributed by atoms with Gasteiger partial charge in [0.2, 0.25) is 11.8 Å². The first-order chi connectivity index (χ1) is 8.93. The summed E-state index contributed by atoms with van der Waals surface area (Å²) in [5.74, 6) is -2.82. The van der Waals surface area contributed by atoms with Crippen LogP contribution in [0.5, 0.6) is 0 Å². The molecule has 104 valence electrons. The zero-order valence-electron chi connectivity index (χ0n) is 10.2. The molecule has 0 N–H and O–H groups in total. The second kappa shape index (κ2) is 4.54. The second-order valence-corrected chi connectivity index (χ2v) is 6.37. The van der Waals surface area contributed by atoms with E-state index in [9.17, 15) is 13.6 Å². The number of hydrogen-bond acceptors (Lipinski definition) is 2. The molecule has 2 fully saturated rings. The first-order valence-corrected chi connectivity index (χ1v) is 7.07. The van der Waals surface area contributed by atoms with Crippen LogP contribution in [0.2, 0.25) is 0 Å². The summed E-state index contributed by atoms with van der Waals surface area (Å²) in [5.41, 5.74) is 0. The van der Waals surface area contributed by atoms with Gasteiger partial charge in [0.05, 0.1) is 10.7 Å². The summed E-state index contributed by atoms with van der Waals surface area (Å²) < 4.78 is 28.2. The van der Waals surface area contributed by atoms with Crippen molar-refractivity contribution in [2.75, 3.05) is 13.1 Å². The first-order valence-electron chi connectivity index (χ1n) is 6.27. The Bertz CT molecular complexity index is 491. The lowest BCUT2D eigenvalue weighted by Gasteiger charge is -2.44. The number of halogens is 3. The molecule has 1 amide bonds. The van der Waals surface area contributed by atoms with E-state index >= 15 is 0 Å². The van der Waals surface area contributed by atoms with Gasteiger partial charge in [0.1, 0.15) is 0 Å². The van der Waals surface area contributed by atoms with Gasteiger partial charge in [0.25, 0.3) is 0 Å². The Labute approximate surface area is 117 Å². The lowest BCUT2D eigenvalue weighted by atomic mass is 9.79. The summed E-state index contributed by atoms with van der Waals surface area (Å²) >= 11 is 3.32. The molecule has 1 aliphatic heterocycles. The molecule has 1 saturated carbocycles. The summed E-state index contributed by atoms with van der Waals surface area (Å²) in [6.07, 6.45) is 3.05. The van der Waals surface area contributed by atoms with Gasteiger partial charge in [-0.25, -0.2) is 8.78 Å². The van der Waals surface area contributed by atoms with Crippen molar-refractivity contribution in [3.05, 3.63) is 16.9 Å². The number of aromatic nitrogens is 2. The van der Waals surface area contributed by atoms with Gasteiger partial charge >= 0.3 is 0 Å². The average molecular weight is 334 g/mol. The number of rotatable bonds is 3. The van der Waals surface area contributed by atoms with E-state index in [1.54, 1.807) is 11.1 Å². The fourth-order valence-corrected chi connectivity index (χ4v) is 2.99. The van der Waals surface area contributed by atoms with Crippen LogP contribution in [0.15, 0.2) is 16.9 Å². The molecule has 0 spiro atoms. The third-order valence-electron chi connectivity index (χ3n) is 3.76. The van der Waals surface area contributed by atoms with E-state index in [4.69, 9.17) is 0 Å². The molecule has 0 unspecified atom stereocenters. The fraction of sp³-hybridized carbons (Fsp3) is 0.667. The minimum atomic E-state index is -2.62. The van der Waals surface area contributed by atoms with E-state index < -0.39 is 11.8 Å². The highest BCUT2D eigenvalue weighted by molar-refractivity contribution is 9.10. The highest BCUT2D eigenvalue weighted by Crippen LogP contribution is 2.43. The molecule has 0 aromatic carbocycles. The molecule has 1 saturated heterocycles. The topological polar surface area (TPSA) is 38.1 Å². The van der Waals surface area contributed by atoms with Crippen LogP contribution in [0.25, 0.3) is 0 Å². The van der Waals surface area contributed by atoms with E-state index in [0.717, 1.165) is 11.0 Å². The SMILES string of the molecule is O=C(C1CC(F)(F)C1)N1CC(Cn2cc(Br)cn2)C1. The molecule has 1 aromatic rings. The molecule has 0 bridgehead atoms. The molecule has 0 atom stereocenters. The van der Waals surface area contributed by atoms with E-state index in [1.807, 2.05) is 10.9 Å². The highest BCUT2D eigenvalue weighted by Gasteiger charge is 2.50. The maximum Gasteiger partial charge on any atom is 0.249 e. The molecule has 19 heavy (non-hydrogen) atoms. The van der Waals surface area contributed by atoms with Crippen molar-refractivity contribution in [2.45, 2.75) is 25.3 Å². The van der Waals surface area contributed by atoms with Crippen LogP contribution < -0.4 is 0 Å². The lowest BCUT2D eigenvalue weighted by molar-refractivity contribution is -0.165. The van der Waals surface area contributed by atoms with Crippen LogP contribution in [-0.2, 0) is 11.3 Å². The molecule has 2 aliphatic rings. The Morgan fingerprint density at radius 2 is 2.16 bits per heavy atom. The second-order valence-electron chi connectivity index (χ2n) is 5.45. The predicted molar refractivity (Wildman–Crippen MR) is 67.7 cm³/mol. The number of carbonyl (C=O) groups is 1. The van der Waals surface area contributed by atoms with Crippen molar-refractivity contribution in [1.82, 2.24) is 14.7 Å². The third-order valence-corrected chi connectivity index (χ3v) is 4.16. The Morgan fingerprint density at radius 3 is 2.68 bits per heavy atom. The highest BCUT2D eigenvalue weighted by atomic mass is 79.9. The van der Waals surface area contributed by atoms with Crippen molar-refractivity contribution in [3.8, 4) is 0 Å². The maximum absolute atomic E-state index is 12.7. The molecule has 7 heteroatoms. The van der Waals surface area contributed by atoms with Crippen LogP contribution in [0.4, 0.5) is 8.78 Å². The Hall–Kier alpha value is -0.980. The Kier molecular flexibility index (Phi) is 3.11. The summed E-state index contributed by atoms with van der Waals surface area (Å²) in [7, 11) is 0. The maximum atomic E-state index is 12.7. The van der Waals surface area contributed by atoms with Crippen molar-refractivity contribution < 1.29 is 13.6 Å². The number of nitrogens with zero attached hydrogens (tertiary/aromatic N) is 3. The molecule has 3 rings (SSSR count). The van der Waals surface area contributed by atoms with Gasteiger partial charge in [-0.05, 0) is 15.9 Å². The number of amides is 1. The van der Waals surface area contributed by atoms with Crippen molar-refractivity contribution >= 4 is 21.8 Å². The van der Waals surface area contributed by atoms with Crippen LogP contribution in [0, 0.1) is 11.8 Å². The van der Waals surface area contributed by atoms with Gasteiger partial charge in [-0.15, -0.1) is 0 Å². The fourth-order valence-electron chi connectivity index (χ4n) is 2.66. The number of carbonyl (C=O) groups excluding carboxylic acids is 1. The lowest BCUT2D eigenvalue weighted by Crippen LogP contribution is -2.56. The minimum Gasteiger partial charge on any atom is -0.342 e. The zero-order chi connectivity index (χ0) is 13.6. The van der Waals surface area contributed by atoms with Crippen molar-refractivity contribution in [1.29, 1.82) is 0 Å². The van der Waals surface area contributed by atoms with Gasteiger partial charge in [0, 0.05) is 50.5 Å². The molecular weight excluding hydrogens is 320 g/mol. The zero-order valence-corrected chi connectivity index (χ0v) is 11.8. The summed E-state index contributed by atoms with van der Waals surface area (Å²) in [6.45, 7) is 2.06. The van der Waals surface area contributed by atoms with Gasteiger partial charge in [0.15, 0.2) is 0 Å². The van der Waals surface area contributed by atoms with Crippen LogP contribution >= 0.6 is 15.9 Å². The number of hydrogen-bond donors (Lipinski definition) is 0. The monoisotopic (exact) mass is 333 g/mol. The molecule has 4 nitrogen and oxygen atoms in total. The number of likely N-dealkylation sites (tertiary alicyclic amines) is 1. The normalized spacial score (nSPS) is 23.0. The molecular formula is C12H14BrF2N3O. The van der Waals surface area contributed by atoms with E-state index in [-0.39, 0.29) is 18.7 Å². The van der Waals surface area contributed by atoms with Crippen molar-refractivity contribution in [2.24, 2.45) is 11.8 Å². The van der Waals surface area contributed by atoms with Gasteiger partial charge in [-0.3, -0.25) is 9.48 Å². The molecule has 1 aromatic heterocycles. The van der Waals surface area contributed by atoms with Crippen LogP contribution in [-0.4, -0.2) is 39.6 Å². The Morgan fingerprint density at radius 1 is 1.47 bits per heavy atom. The average Bonchev–Trinajstić information content (AvgIpc) is 2.64. The van der Waals surface area contributed by atoms with Gasteiger partial charge in [-0.1, -0.05) is 0 Å². The number of alkyl halides is 2. The van der Waals surface area contributed by atoms with Crippen LogP contribution in [0.1, 0.15) is 12.8 Å². The van der Waals surface area contributed by atoms with Gasteiger partial charge < -0.3 is 4.90 Å². The Balaban J connectivity index is 1.44. The smallest absolute Gasteiger partial charge is 0.249 e. The quantitative estimate of drug-likeness (QED) is 0.850. The van der Waals surface area contributed by atoms with E-state index in [0.29, 0.717) is 19.0 Å². The molecule has 2 heterocycles.